The molecule has 3 nitrogen and oxygen atoms in total. The lowest BCUT2D eigenvalue weighted by Crippen LogP contribution is -2.56. The van der Waals surface area contributed by atoms with Crippen LogP contribution < -0.4 is 10.2 Å². The third-order valence-corrected chi connectivity index (χ3v) is 4.11. The smallest absolute Gasteiger partial charge is 0.0585 e. The number of hydrogen-bond acceptors (Lipinski definition) is 3. The minimum Gasteiger partial charge on any atom is -0.365 e. The molecular formula is C14H21N3. The van der Waals surface area contributed by atoms with E-state index in [1.54, 1.807) is 0 Å². The minimum absolute atomic E-state index is 0.563. The van der Waals surface area contributed by atoms with Crippen molar-refractivity contribution in [3.05, 3.63) is 24.0 Å². The van der Waals surface area contributed by atoms with Crippen LogP contribution in [0.25, 0.3) is 0 Å². The van der Waals surface area contributed by atoms with Gasteiger partial charge in [-0.1, -0.05) is 0 Å². The molecule has 0 spiro atoms. The summed E-state index contributed by atoms with van der Waals surface area (Å²) in [7, 11) is 0. The highest BCUT2D eigenvalue weighted by Crippen LogP contribution is 2.35. The number of nitrogens with one attached hydrogen (secondary N) is 1. The second-order valence-corrected chi connectivity index (χ2v) is 5.52. The van der Waals surface area contributed by atoms with Crippen LogP contribution in [0.3, 0.4) is 0 Å². The number of aryl methyl sites for hydroxylation is 1. The van der Waals surface area contributed by atoms with Gasteiger partial charge in [0, 0.05) is 31.4 Å². The molecule has 1 N–H and O–H groups in total. The monoisotopic (exact) mass is 231 g/mol. The first-order chi connectivity index (χ1) is 8.25. The molecular weight excluding hydrogens is 210 g/mol. The molecule has 2 heterocycles. The zero-order valence-corrected chi connectivity index (χ0v) is 10.7. The van der Waals surface area contributed by atoms with Gasteiger partial charge in [0.05, 0.1) is 11.9 Å². The van der Waals surface area contributed by atoms with Crippen LogP contribution in [-0.2, 0) is 0 Å². The van der Waals surface area contributed by atoms with Crippen molar-refractivity contribution < 1.29 is 0 Å². The summed E-state index contributed by atoms with van der Waals surface area (Å²) in [5, 5.41) is 3.69. The van der Waals surface area contributed by atoms with Gasteiger partial charge in [0.15, 0.2) is 0 Å². The number of hydrogen-bond donors (Lipinski definition) is 1. The van der Waals surface area contributed by atoms with Crippen LogP contribution in [0, 0.1) is 12.8 Å². The Hall–Kier alpha value is -1.09. The van der Waals surface area contributed by atoms with Crippen molar-refractivity contribution in [3.63, 3.8) is 0 Å². The third-order valence-electron chi connectivity index (χ3n) is 4.11. The maximum atomic E-state index is 4.28. The van der Waals surface area contributed by atoms with E-state index in [9.17, 15) is 0 Å². The average molecular weight is 231 g/mol. The van der Waals surface area contributed by atoms with Gasteiger partial charge < -0.3 is 10.2 Å². The number of pyridine rings is 1. The van der Waals surface area contributed by atoms with E-state index in [0.717, 1.165) is 19.0 Å². The number of anilines is 1. The quantitative estimate of drug-likeness (QED) is 0.843. The van der Waals surface area contributed by atoms with Crippen LogP contribution in [0.1, 0.15) is 25.3 Å². The number of aromatic nitrogens is 1. The predicted molar refractivity (Wildman–Crippen MR) is 70.3 cm³/mol. The van der Waals surface area contributed by atoms with E-state index < -0.39 is 0 Å². The first-order valence-electron chi connectivity index (χ1n) is 6.66. The van der Waals surface area contributed by atoms with Crippen molar-refractivity contribution >= 4 is 5.69 Å². The first-order valence-corrected chi connectivity index (χ1v) is 6.66. The minimum atomic E-state index is 0.563. The average Bonchev–Trinajstić information content (AvgIpc) is 3.15. The van der Waals surface area contributed by atoms with Crippen LogP contribution in [0.15, 0.2) is 18.5 Å². The van der Waals surface area contributed by atoms with Crippen LogP contribution >= 0.6 is 0 Å². The second kappa shape index (κ2) is 4.30. The molecule has 0 radical (unpaired) electrons. The highest BCUT2D eigenvalue weighted by molar-refractivity contribution is 5.52. The largest absolute Gasteiger partial charge is 0.365 e. The summed E-state index contributed by atoms with van der Waals surface area (Å²) >= 11 is 0. The van der Waals surface area contributed by atoms with E-state index in [-0.39, 0.29) is 0 Å². The lowest BCUT2D eigenvalue weighted by molar-refractivity contribution is 0.375. The molecule has 2 aliphatic rings. The van der Waals surface area contributed by atoms with Gasteiger partial charge in [0.25, 0.3) is 0 Å². The Morgan fingerprint density at radius 2 is 2.24 bits per heavy atom. The molecule has 1 saturated carbocycles. The molecule has 92 valence electrons. The second-order valence-electron chi connectivity index (χ2n) is 5.52. The topological polar surface area (TPSA) is 28.2 Å². The van der Waals surface area contributed by atoms with E-state index in [1.807, 2.05) is 12.4 Å². The molecule has 3 heteroatoms. The summed E-state index contributed by atoms with van der Waals surface area (Å²) in [6.07, 6.45) is 6.71. The number of piperazine rings is 1. The van der Waals surface area contributed by atoms with Crippen LogP contribution in [0.2, 0.25) is 0 Å². The summed E-state index contributed by atoms with van der Waals surface area (Å²) in [4.78, 5) is 6.81. The zero-order chi connectivity index (χ0) is 11.8. The molecule has 1 aromatic heterocycles. The lowest BCUT2D eigenvalue weighted by Gasteiger charge is -2.41. The highest BCUT2D eigenvalue weighted by atomic mass is 15.2. The van der Waals surface area contributed by atoms with Crippen molar-refractivity contribution in [2.75, 3.05) is 18.0 Å². The SMILES string of the molecule is Cc1ccncc1N1CC(C2CC2)NCC1C. The molecule has 2 unspecified atom stereocenters. The van der Waals surface area contributed by atoms with Crippen molar-refractivity contribution in [2.24, 2.45) is 5.92 Å². The van der Waals surface area contributed by atoms with Gasteiger partial charge in [-0.2, -0.15) is 0 Å². The Kier molecular flexibility index (Phi) is 2.79. The standard InChI is InChI=1S/C14H21N3/c1-10-5-6-15-8-14(10)17-9-13(12-3-4-12)16-7-11(17)2/h5-6,8,11-13,16H,3-4,7,9H2,1-2H3. The molecule has 17 heavy (non-hydrogen) atoms. The molecule has 0 bridgehead atoms. The molecule has 1 aromatic rings. The molecule has 2 atom stereocenters. The zero-order valence-electron chi connectivity index (χ0n) is 10.7. The molecule has 3 rings (SSSR count). The van der Waals surface area contributed by atoms with Gasteiger partial charge >= 0.3 is 0 Å². The van der Waals surface area contributed by atoms with Crippen LogP contribution in [-0.4, -0.2) is 30.2 Å². The van der Waals surface area contributed by atoms with E-state index in [0.29, 0.717) is 12.1 Å². The number of rotatable bonds is 2. The van der Waals surface area contributed by atoms with E-state index in [1.165, 1.54) is 24.1 Å². The number of nitrogens with zero attached hydrogens (tertiary/aromatic N) is 2. The summed E-state index contributed by atoms with van der Waals surface area (Å²) in [5.41, 5.74) is 2.65. The normalized spacial score (nSPS) is 29.4. The van der Waals surface area contributed by atoms with Gasteiger partial charge in [-0.3, -0.25) is 4.98 Å². The third kappa shape index (κ3) is 2.16. The van der Waals surface area contributed by atoms with Gasteiger partial charge in [-0.05, 0) is 44.2 Å². The summed E-state index contributed by atoms with van der Waals surface area (Å²) in [6, 6.07) is 3.36. The fourth-order valence-electron chi connectivity index (χ4n) is 2.79. The van der Waals surface area contributed by atoms with E-state index in [4.69, 9.17) is 0 Å². The van der Waals surface area contributed by atoms with Crippen molar-refractivity contribution in [3.8, 4) is 0 Å². The summed E-state index contributed by atoms with van der Waals surface area (Å²) < 4.78 is 0. The molecule has 0 amide bonds. The van der Waals surface area contributed by atoms with Crippen molar-refractivity contribution in [1.82, 2.24) is 10.3 Å². The maximum Gasteiger partial charge on any atom is 0.0585 e. The van der Waals surface area contributed by atoms with Gasteiger partial charge in [0.2, 0.25) is 0 Å². The van der Waals surface area contributed by atoms with Gasteiger partial charge in [0.1, 0.15) is 0 Å². The lowest BCUT2D eigenvalue weighted by atomic mass is 10.0. The molecule has 1 saturated heterocycles. The highest BCUT2D eigenvalue weighted by Gasteiger charge is 2.36. The van der Waals surface area contributed by atoms with E-state index in [2.05, 4.69) is 35.1 Å². The Balaban J connectivity index is 1.82. The summed E-state index contributed by atoms with van der Waals surface area (Å²) in [6.45, 7) is 6.70. The Bertz CT molecular complexity index is 400. The first kappa shape index (κ1) is 11.0. The molecule has 2 fully saturated rings. The molecule has 0 aromatic carbocycles. The van der Waals surface area contributed by atoms with Crippen molar-refractivity contribution in [2.45, 2.75) is 38.8 Å². The fraction of sp³-hybridized carbons (Fsp3) is 0.643. The van der Waals surface area contributed by atoms with Gasteiger partial charge in [-0.25, -0.2) is 0 Å². The Morgan fingerprint density at radius 1 is 1.41 bits per heavy atom. The van der Waals surface area contributed by atoms with Gasteiger partial charge in [-0.15, -0.1) is 0 Å². The molecule has 1 aliphatic heterocycles. The Morgan fingerprint density at radius 3 is 2.94 bits per heavy atom. The van der Waals surface area contributed by atoms with Crippen LogP contribution in [0.5, 0.6) is 0 Å². The predicted octanol–water partition coefficient (Wildman–Crippen LogP) is 1.97. The van der Waals surface area contributed by atoms with Crippen molar-refractivity contribution in [1.29, 1.82) is 0 Å². The van der Waals surface area contributed by atoms with E-state index >= 15 is 0 Å². The Labute approximate surface area is 103 Å². The maximum absolute atomic E-state index is 4.28. The molecule has 1 aliphatic carbocycles. The van der Waals surface area contributed by atoms with Crippen LogP contribution in [0.4, 0.5) is 5.69 Å². The summed E-state index contributed by atoms with van der Waals surface area (Å²) in [5.74, 6) is 0.918. The fourth-order valence-corrected chi connectivity index (χ4v) is 2.79.